The second-order valence-corrected chi connectivity index (χ2v) is 5.83. The standard InChI is InChI=1S/C17H25N3O3/c1-3-23-17(22)20-10-8-15(9-11-20)19-12(2)16(21)13-4-6-14(18)7-5-13/h4-7,12,15,19H,3,8-11,18H2,1-2H3. The van der Waals surface area contributed by atoms with Gasteiger partial charge in [0.1, 0.15) is 0 Å². The first-order valence-electron chi connectivity index (χ1n) is 8.08. The minimum atomic E-state index is -0.266. The molecule has 0 saturated carbocycles. The summed E-state index contributed by atoms with van der Waals surface area (Å²) in [5, 5.41) is 3.36. The molecule has 0 aromatic heterocycles. The first-order chi connectivity index (χ1) is 11.0. The van der Waals surface area contributed by atoms with Gasteiger partial charge in [-0.1, -0.05) is 0 Å². The molecule has 1 aliphatic rings. The van der Waals surface area contributed by atoms with Gasteiger partial charge in [0.25, 0.3) is 0 Å². The number of piperidine rings is 1. The number of nitrogens with two attached hydrogens (primary N) is 1. The van der Waals surface area contributed by atoms with E-state index in [2.05, 4.69) is 5.32 Å². The van der Waals surface area contributed by atoms with Crippen molar-refractivity contribution in [1.82, 2.24) is 10.2 Å². The number of rotatable bonds is 5. The Morgan fingerprint density at radius 3 is 2.48 bits per heavy atom. The zero-order valence-corrected chi connectivity index (χ0v) is 13.7. The molecule has 0 aliphatic carbocycles. The van der Waals surface area contributed by atoms with Crippen LogP contribution < -0.4 is 11.1 Å². The highest BCUT2D eigenvalue weighted by molar-refractivity contribution is 6.00. The van der Waals surface area contributed by atoms with Gasteiger partial charge in [-0.2, -0.15) is 0 Å². The predicted molar refractivity (Wildman–Crippen MR) is 89.4 cm³/mol. The third kappa shape index (κ3) is 4.69. The molecule has 1 amide bonds. The van der Waals surface area contributed by atoms with Crippen molar-refractivity contribution < 1.29 is 14.3 Å². The molecule has 1 unspecified atom stereocenters. The summed E-state index contributed by atoms with van der Waals surface area (Å²) in [7, 11) is 0. The monoisotopic (exact) mass is 319 g/mol. The number of ether oxygens (including phenoxy) is 1. The number of carbonyl (C=O) groups is 2. The van der Waals surface area contributed by atoms with E-state index >= 15 is 0 Å². The van der Waals surface area contributed by atoms with Crippen molar-refractivity contribution in [3.8, 4) is 0 Å². The Morgan fingerprint density at radius 2 is 1.91 bits per heavy atom. The average molecular weight is 319 g/mol. The second-order valence-electron chi connectivity index (χ2n) is 5.83. The Balaban J connectivity index is 1.82. The molecular formula is C17H25N3O3. The molecule has 1 saturated heterocycles. The quantitative estimate of drug-likeness (QED) is 0.641. The zero-order chi connectivity index (χ0) is 16.8. The van der Waals surface area contributed by atoms with Crippen LogP contribution in [0.5, 0.6) is 0 Å². The van der Waals surface area contributed by atoms with E-state index in [1.807, 2.05) is 6.92 Å². The molecule has 6 heteroatoms. The topological polar surface area (TPSA) is 84.7 Å². The molecule has 3 N–H and O–H groups in total. The zero-order valence-electron chi connectivity index (χ0n) is 13.7. The van der Waals surface area contributed by atoms with E-state index in [0.29, 0.717) is 30.9 Å². The summed E-state index contributed by atoms with van der Waals surface area (Å²) in [5.41, 5.74) is 6.94. The highest BCUT2D eigenvalue weighted by atomic mass is 16.6. The number of carbonyl (C=O) groups excluding carboxylic acids is 2. The lowest BCUT2D eigenvalue weighted by Crippen LogP contribution is -2.49. The largest absolute Gasteiger partial charge is 0.450 e. The summed E-state index contributed by atoms with van der Waals surface area (Å²) in [6.07, 6.45) is 1.38. The van der Waals surface area contributed by atoms with E-state index in [4.69, 9.17) is 10.5 Å². The number of nitrogens with zero attached hydrogens (tertiary/aromatic N) is 1. The van der Waals surface area contributed by atoms with Gasteiger partial charge < -0.3 is 20.7 Å². The van der Waals surface area contributed by atoms with Crippen LogP contribution in [0.1, 0.15) is 37.0 Å². The SMILES string of the molecule is CCOC(=O)N1CCC(NC(C)C(=O)c2ccc(N)cc2)CC1. The minimum Gasteiger partial charge on any atom is -0.450 e. The number of likely N-dealkylation sites (tertiary alicyclic amines) is 1. The van der Waals surface area contributed by atoms with Gasteiger partial charge >= 0.3 is 6.09 Å². The van der Waals surface area contributed by atoms with E-state index < -0.39 is 0 Å². The Hall–Kier alpha value is -2.08. The van der Waals surface area contributed by atoms with Crippen LogP contribution in [-0.2, 0) is 4.74 Å². The Kier molecular flexibility index (Phi) is 5.98. The average Bonchev–Trinajstić information content (AvgIpc) is 2.55. The fourth-order valence-electron chi connectivity index (χ4n) is 2.77. The molecule has 0 radical (unpaired) electrons. The molecule has 0 bridgehead atoms. The number of nitrogen functional groups attached to an aromatic ring is 1. The van der Waals surface area contributed by atoms with Crippen LogP contribution in [-0.4, -0.2) is 48.6 Å². The first kappa shape index (κ1) is 17.3. The van der Waals surface area contributed by atoms with Crippen LogP contribution in [0.25, 0.3) is 0 Å². The van der Waals surface area contributed by atoms with Crippen molar-refractivity contribution in [2.75, 3.05) is 25.4 Å². The van der Waals surface area contributed by atoms with Gasteiger partial charge in [-0.25, -0.2) is 4.79 Å². The van der Waals surface area contributed by atoms with E-state index in [9.17, 15) is 9.59 Å². The van der Waals surface area contributed by atoms with Crippen molar-refractivity contribution in [3.63, 3.8) is 0 Å². The van der Waals surface area contributed by atoms with Crippen molar-refractivity contribution in [2.45, 2.75) is 38.8 Å². The maximum absolute atomic E-state index is 12.4. The van der Waals surface area contributed by atoms with Gasteiger partial charge in [-0.3, -0.25) is 4.79 Å². The molecule has 23 heavy (non-hydrogen) atoms. The molecule has 1 atom stereocenters. The molecule has 1 aromatic rings. The number of amides is 1. The van der Waals surface area contributed by atoms with Crippen LogP contribution in [0.4, 0.5) is 10.5 Å². The molecule has 0 spiro atoms. The van der Waals surface area contributed by atoms with E-state index in [1.54, 1.807) is 36.1 Å². The maximum atomic E-state index is 12.4. The first-order valence-corrected chi connectivity index (χ1v) is 8.08. The molecular weight excluding hydrogens is 294 g/mol. The van der Waals surface area contributed by atoms with Crippen molar-refractivity contribution >= 4 is 17.6 Å². The summed E-state index contributed by atoms with van der Waals surface area (Å²) in [6, 6.07) is 6.93. The number of hydrogen-bond acceptors (Lipinski definition) is 5. The predicted octanol–water partition coefficient (Wildman–Crippen LogP) is 2.05. The van der Waals surface area contributed by atoms with Crippen LogP contribution in [0.3, 0.4) is 0 Å². The van der Waals surface area contributed by atoms with E-state index in [-0.39, 0.29) is 24.0 Å². The number of hydrogen-bond donors (Lipinski definition) is 2. The third-order valence-corrected chi connectivity index (χ3v) is 4.10. The number of ketones is 1. The van der Waals surface area contributed by atoms with Gasteiger partial charge in [0.2, 0.25) is 0 Å². The third-order valence-electron chi connectivity index (χ3n) is 4.10. The molecule has 126 valence electrons. The Morgan fingerprint density at radius 1 is 1.30 bits per heavy atom. The van der Waals surface area contributed by atoms with Crippen molar-refractivity contribution in [3.05, 3.63) is 29.8 Å². The highest BCUT2D eigenvalue weighted by Crippen LogP contribution is 2.14. The lowest BCUT2D eigenvalue weighted by molar-refractivity contribution is 0.0878. The fourth-order valence-corrected chi connectivity index (χ4v) is 2.77. The highest BCUT2D eigenvalue weighted by Gasteiger charge is 2.26. The maximum Gasteiger partial charge on any atom is 0.409 e. The van der Waals surface area contributed by atoms with Crippen molar-refractivity contribution in [2.24, 2.45) is 0 Å². The number of benzene rings is 1. The lowest BCUT2D eigenvalue weighted by Gasteiger charge is -2.33. The van der Waals surface area contributed by atoms with Gasteiger partial charge in [-0.15, -0.1) is 0 Å². The van der Waals surface area contributed by atoms with Gasteiger partial charge in [0.15, 0.2) is 5.78 Å². The van der Waals surface area contributed by atoms with Gasteiger partial charge in [0, 0.05) is 30.4 Å². The summed E-state index contributed by atoms with van der Waals surface area (Å²) in [5.74, 6) is 0.0535. The van der Waals surface area contributed by atoms with Crippen LogP contribution >= 0.6 is 0 Å². The number of nitrogens with one attached hydrogen (secondary N) is 1. The summed E-state index contributed by atoms with van der Waals surface area (Å²) in [6.45, 7) is 5.37. The summed E-state index contributed by atoms with van der Waals surface area (Å²) >= 11 is 0. The molecule has 6 nitrogen and oxygen atoms in total. The lowest BCUT2D eigenvalue weighted by atomic mass is 10.0. The smallest absolute Gasteiger partial charge is 0.409 e. The van der Waals surface area contributed by atoms with Gasteiger partial charge in [-0.05, 0) is 51.0 Å². The molecule has 1 heterocycles. The van der Waals surface area contributed by atoms with E-state index in [0.717, 1.165) is 12.8 Å². The second kappa shape index (κ2) is 7.97. The number of Topliss-reactive ketones (excluding diaryl/α,β-unsaturated/α-hetero) is 1. The molecule has 1 aromatic carbocycles. The molecule has 1 aliphatic heterocycles. The fraction of sp³-hybridized carbons (Fsp3) is 0.529. The number of anilines is 1. The summed E-state index contributed by atoms with van der Waals surface area (Å²) < 4.78 is 5.01. The van der Waals surface area contributed by atoms with Crippen LogP contribution in [0, 0.1) is 0 Å². The van der Waals surface area contributed by atoms with Crippen molar-refractivity contribution in [1.29, 1.82) is 0 Å². The van der Waals surface area contributed by atoms with Gasteiger partial charge in [0.05, 0.1) is 12.6 Å². The normalized spacial score (nSPS) is 16.9. The Labute approximate surface area is 137 Å². The van der Waals surface area contributed by atoms with E-state index in [1.165, 1.54) is 0 Å². The van der Waals surface area contributed by atoms with Crippen LogP contribution in [0.15, 0.2) is 24.3 Å². The molecule has 1 fully saturated rings. The minimum absolute atomic E-state index is 0.0535. The van der Waals surface area contributed by atoms with Crippen LogP contribution in [0.2, 0.25) is 0 Å². The Bertz CT molecular complexity index is 537. The molecule has 2 rings (SSSR count). The summed E-state index contributed by atoms with van der Waals surface area (Å²) in [4.78, 5) is 25.8.